The second kappa shape index (κ2) is 7.97. The molecule has 1 aliphatic rings. The highest BCUT2D eigenvalue weighted by atomic mass is 16.2. The molecule has 0 fully saturated rings. The van der Waals surface area contributed by atoms with Crippen LogP contribution in [0.1, 0.15) is 60.3 Å². The molecule has 1 N–H and O–H groups in total. The lowest BCUT2D eigenvalue weighted by Crippen LogP contribution is -2.34. The third-order valence-electron chi connectivity index (χ3n) is 5.48. The normalized spacial score (nSPS) is 16.0. The monoisotopic (exact) mass is 375 g/mol. The van der Waals surface area contributed by atoms with Crippen LogP contribution in [-0.4, -0.2) is 15.7 Å². The number of benzene rings is 2. The summed E-state index contributed by atoms with van der Waals surface area (Å²) in [7, 11) is 0. The minimum Gasteiger partial charge on any atom is -0.344 e. The fourth-order valence-electron chi connectivity index (χ4n) is 3.99. The minimum atomic E-state index is -0.219. The fourth-order valence-corrected chi connectivity index (χ4v) is 3.99. The molecular formula is C23H25N3O2. The average molecular weight is 375 g/mol. The van der Waals surface area contributed by atoms with Gasteiger partial charge >= 0.3 is 0 Å². The lowest BCUT2D eigenvalue weighted by atomic mass is 9.87. The number of fused-ring (bicyclic) bond motifs is 2. The predicted octanol–water partition coefficient (Wildman–Crippen LogP) is 4.00. The van der Waals surface area contributed by atoms with Gasteiger partial charge in [-0.05, 0) is 42.9 Å². The highest BCUT2D eigenvalue weighted by molar-refractivity contribution is 6.04. The fraction of sp³-hybridized carbons (Fsp3) is 0.348. The SMILES string of the molecule is CCCCn1nc(C(=O)N[C@H]2CCCc3ccccc32)c2ccccc2c1=O. The first-order valence-electron chi connectivity index (χ1n) is 10.1. The van der Waals surface area contributed by atoms with E-state index in [9.17, 15) is 9.59 Å². The Morgan fingerprint density at radius 3 is 2.71 bits per heavy atom. The van der Waals surface area contributed by atoms with Gasteiger partial charge < -0.3 is 5.32 Å². The van der Waals surface area contributed by atoms with Crippen LogP contribution in [-0.2, 0) is 13.0 Å². The van der Waals surface area contributed by atoms with E-state index in [0.717, 1.165) is 32.1 Å². The number of unbranched alkanes of at least 4 members (excludes halogenated alkanes) is 1. The van der Waals surface area contributed by atoms with Gasteiger partial charge in [0.1, 0.15) is 0 Å². The summed E-state index contributed by atoms with van der Waals surface area (Å²) in [4.78, 5) is 25.9. The molecule has 0 saturated carbocycles. The van der Waals surface area contributed by atoms with E-state index in [1.165, 1.54) is 15.8 Å². The number of nitrogens with zero attached hydrogens (tertiary/aromatic N) is 2. The van der Waals surface area contributed by atoms with Crippen molar-refractivity contribution in [3.8, 4) is 0 Å². The largest absolute Gasteiger partial charge is 0.344 e. The Hall–Kier alpha value is -2.95. The van der Waals surface area contributed by atoms with Crippen LogP contribution in [0.25, 0.3) is 10.8 Å². The molecule has 1 aliphatic carbocycles. The molecule has 3 aromatic rings. The summed E-state index contributed by atoms with van der Waals surface area (Å²) in [5, 5.41) is 8.78. The standard InChI is InChI=1S/C23H25N3O2/c1-2-3-15-26-23(28)19-13-7-6-12-18(19)21(25-26)22(27)24-20-14-8-10-16-9-4-5-11-17(16)20/h4-7,9,11-13,20H,2-3,8,10,14-15H2,1H3,(H,24,27)/t20-/m0/s1. The summed E-state index contributed by atoms with van der Waals surface area (Å²) >= 11 is 0. The van der Waals surface area contributed by atoms with Gasteiger partial charge in [-0.1, -0.05) is 55.8 Å². The number of carbonyl (C=O) groups is 1. The molecule has 4 rings (SSSR count). The van der Waals surface area contributed by atoms with Crippen LogP contribution >= 0.6 is 0 Å². The molecule has 1 amide bonds. The number of hydrogen-bond acceptors (Lipinski definition) is 3. The molecule has 0 radical (unpaired) electrons. The first-order chi connectivity index (χ1) is 13.7. The van der Waals surface area contributed by atoms with E-state index in [2.05, 4.69) is 29.5 Å². The zero-order valence-electron chi connectivity index (χ0n) is 16.1. The van der Waals surface area contributed by atoms with Crippen molar-refractivity contribution in [3.05, 3.63) is 75.7 Å². The van der Waals surface area contributed by atoms with E-state index in [4.69, 9.17) is 0 Å². The maximum absolute atomic E-state index is 13.2. The highest BCUT2D eigenvalue weighted by Gasteiger charge is 2.24. The van der Waals surface area contributed by atoms with Crippen molar-refractivity contribution in [1.82, 2.24) is 15.1 Å². The summed E-state index contributed by atoms with van der Waals surface area (Å²) < 4.78 is 1.44. The Balaban J connectivity index is 1.72. The first-order valence-corrected chi connectivity index (χ1v) is 10.1. The Kier molecular flexibility index (Phi) is 5.24. The maximum atomic E-state index is 13.2. The third-order valence-corrected chi connectivity index (χ3v) is 5.48. The minimum absolute atomic E-state index is 0.0194. The van der Waals surface area contributed by atoms with Gasteiger partial charge in [-0.25, -0.2) is 4.68 Å². The summed E-state index contributed by atoms with van der Waals surface area (Å²) in [6.45, 7) is 2.59. The quantitative estimate of drug-likeness (QED) is 0.733. The number of hydrogen-bond donors (Lipinski definition) is 1. The van der Waals surface area contributed by atoms with Crippen molar-refractivity contribution in [3.63, 3.8) is 0 Å². The van der Waals surface area contributed by atoms with Crippen LogP contribution in [0.15, 0.2) is 53.3 Å². The van der Waals surface area contributed by atoms with Gasteiger partial charge in [0.2, 0.25) is 0 Å². The lowest BCUT2D eigenvalue weighted by Gasteiger charge is -2.26. The van der Waals surface area contributed by atoms with Gasteiger partial charge in [-0.15, -0.1) is 0 Å². The number of nitrogens with one attached hydrogen (secondary N) is 1. The van der Waals surface area contributed by atoms with Crippen molar-refractivity contribution >= 4 is 16.7 Å². The first kappa shape index (κ1) is 18.4. The molecule has 0 saturated heterocycles. The van der Waals surface area contributed by atoms with Crippen LogP contribution in [0.3, 0.4) is 0 Å². The van der Waals surface area contributed by atoms with E-state index in [-0.39, 0.29) is 17.5 Å². The summed E-state index contributed by atoms with van der Waals surface area (Å²) in [6, 6.07) is 15.5. The zero-order chi connectivity index (χ0) is 19.5. The van der Waals surface area contributed by atoms with Crippen LogP contribution in [0.2, 0.25) is 0 Å². The smallest absolute Gasteiger partial charge is 0.274 e. The highest BCUT2D eigenvalue weighted by Crippen LogP contribution is 2.29. The Bertz CT molecular complexity index is 1070. The molecule has 1 atom stereocenters. The Morgan fingerprint density at radius 2 is 1.89 bits per heavy atom. The van der Waals surface area contributed by atoms with Crippen molar-refractivity contribution in [2.45, 2.75) is 51.6 Å². The van der Waals surface area contributed by atoms with E-state index in [1.54, 1.807) is 12.1 Å². The summed E-state index contributed by atoms with van der Waals surface area (Å²) in [5.41, 5.74) is 2.67. The van der Waals surface area contributed by atoms with E-state index < -0.39 is 0 Å². The molecule has 0 aliphatic heterocycles. The van der Waals surface area contributed by atoms with Crippen molar-refractivity contribution in [2.75, 3.05) is 0 Å². The Morgan fingerprint density at radius 1 is 1.14 bits per heavy atom. The van der Waals surface area contributed by atoms with Gasteiger partial charge in [-0.2, -0.15) is 5.10 Å². The summed E-state index contributed by atoms with van der Waals surface area (Å²) in [6.07, 6.45) is 4.82. The Labute approximate surface area is 164 Å². The van der Waals surface area contributed by atoms with Gasteiger partial charge in [0.25, 0.3) is 11.5 Å². The molecular weight excluding hydrogens is 350 g/mol. The zero-order valence-corrected chi connectivity index (χ0v) is 16.1. The van der Waals surface area contributed by atoms with E-state index in [0.29, 0.717) is 23.0 Å². The number of carbonyl (C=O) groups excluding carboxylic acids is 1. The molecule has 28 heavy (non-hydrogen) atoms. The second-order valence-electron chi connectivity index (χ2n) is 7.39. The van der Waals surface area contributed by atoms with Crippen molar-refractivity contribution < 1.29 is 4.79 Å². The lowest BCUT2D eigenvalue weighted by molar-refractivity contribution is 0.0927. The number of aromatic nitrogens is 2. The van der Waals surface area contributed by atoms with E-state index >= 15 is 0 Å². The van der Waals surface area contributed by atoms with Crippen molar-refractivity contribution in [2.24, 2.45) is 0 Å². The topological polar surface area (TPSA) is 64.0 Å². The molecule has 144 valence electrons. The molecule has 5 nitrogen and oxygen atoms in total. The van der Waals surface area contributed by atoms with Crippen molar-refractivity contribution in [1.29, 1.82) is 0 Å². The second-order valence-corrected chi connectivity index (χ2v) is 7.39. The molecule has 1 heterocycles. The molecule has 1 aromatic heterocycles. The third kappa shape index (κ3) is 3.44. The summed E-state index contributed by atoms with van der Waals surface area (Å²) in [5.74, 6) is -0.219. The molecule has 2 aromatic carbocycles. The molecule has 5 heteroatoms. The average Bonchev–Trinajstić information content (AvgIpc) is 2.73. The molecule has 0 spiro atoms. The van der Waals surface area contributed by atoms with Gasteiger partial charge in [0.15, 0.2) is 5.69 Å². The number of rotatable bonds is 5. The molecule has 0 bridgehead atoms. The van der Waals surface area contributed by atoms with Gasteiger partial charge in [-0.3, -0.25) is 9.59 Å². The van der Waals surface area contributed by atoms with Crippen LogP contribution < -0.4 is 10.9 Å². The van der Waals surface area contributed by atoms with Crippen LogP contribution in [0, 0.1) is 0 Å². The van der Waals surface area contributed by atoms with Gasteiger partial charge in [0, 0.05) is 11.9 Å². The van der Waals surface area contributed by atoms with Crippen LogP contribution in [0.5, 0.6) is 0 Å². The molecule has 0 unspecified atom stereocenters. The predicted molar refractivity (Wildman–Crippen MR) is 110 cm³/mol. The number of amides is 1. The number of aryl methyl sites for hydroxylation is 2. The van der Waals surface area contributed by atoms with E-state index in [1.807, 2.05) is 24.3 Å². The van der Waals surface area contributed by atoms with Crippen LogP contribution in [0.4, 0.5) is 0 Å². The maximum Gasteiger partial charge on any atom is 0.274 e. The van der Waals surface area contributed by atoms with Gasteiger partial charge in [0.05, 0.1) is 11.4 Å².